The number of hydrogen-bond acceptors (Lipinski definition) is 2. The second kappa shape index (κ2) is 5.47. The van der Waals surface area contributed by atoms with Crippen molar-refractivity contribution in [3.05, 3.63) is 24.0 Å². The number of rotatable bonds is 5. The standard InChI is InChI=1S/C11H17NO2/c1-3-4-8-14-11(13)9-10-6-5-7-12(10)2/h5-7H,3-4,8-9H2,1-2H3. The summed E-state index contributed by atoms with van der Waals surface area (Å²) in [5.41, 5.74) is 0.992. The summed E-state index contributed by atoms with van der Waals surface area (Å²) < 4.78 is 6.99. The monoisotopic (exact) mass is 195 g/mol. The molecule has 78 valence electrons. The summed E-state index contributed by atoms with van der Waals surface area (Å²) in [6, 6.07) is 3.86. The van der Waals surface area contributed by atoms with E-state index in [1.54, 1.807) is 0 Å². The molecule has 1 aromatic rings. The Morgan fingerprint density at radius 3 is 2.93 bits per heavy atom. The summed E-state index contributed by atoms with van der Waals surface area (Å²) >= 11 is 0. The van der Waals surface area contributed by atoms with Gasteiger partial charge in [0.2, 0.25) is 0 Å². The van der Waals surface area contributed by atoms with Gasteiger partial charge in [0.1, 0.15) is 0 Å². The SMILES string of the molecule is CCCCOC(=O)Cc1cccn1C. The molecule has 0 saturated heterocycles. The third-order valence-corrected chi connectivity index (χ3v) is 2.14. The van der Waals surface area contributed by atoms with Gasteiger partial charge in [-0.1, -0.05) is 13.3 Å². The number of aryl methyl sites for hydroxylation is 1. The lowest BCUT2D eigenvalue weighted by Gasteiger charge is -2.04. The van der Waals surface area contributed by atoms with Gasteiger partial charge in [-0.2, -0.15) is 0 Å². The van der Waals surface area contributed by atoms with Crippen LogP contribution in [-0.2, 0) is 23.0 Å². The molecule has 14 heavy (non-hydrogen) atoms. The molecule has 0 fully saturated rings. The number of unbranched alkanes of at least 4 members (excludes halogenated alkanes) is 1. The van der Waals surface area contributed by atoms with Crippen molar-refractivity contribution >= 4 is 5.97 Å². The van der Waals surface area contributed by atoms with Crippen LogP contribution in [0.5, 0.6) is 0 Å². The van der Waals surface area contributed by atoms with Crippen LogP contribution in [0.15, 0.2) is 18.3 Å². The average Bonchev–Trinajstić information content (AvgIpc) is 2.52. The molecule has 3 nitrogen and oxygen atoms in total. The lowest BCUT2D eigenvalue weighted by atomic mass is 10.3. The third kappa shape index (κ3) is 3.24. The van der Waals surface area contributed by atoms with Gasteiger partial charge < -0.3 is 9.30 Å². The summed E-state index contributed by atoms with van der Waals surface area (Å²) in [4.78, 5) is 11.3. The number of ether oxygens (including phenoxy) is 1. The Kier molecular flexibility index (Phi) is 4.23. The van der Waals surface area contributed by atoms with Crippen molar-refractivity contribution in [3.8, 4) is 0 Å². The molecule has 0 N–H and O–H groups in total. The first-order valence-corrected chi connectivity index (χ1v) is 5.00. The van der Waals surface area contributed by atoms with Gasteiger partial charge in [0.15, 0.2) is 0 Å². The van der Waals surface area contributed by atoms with Crippen LogP contribution < -0.4 is 0 Å². The average molecular weight is 195 g/mol. The first-order valence-electron chi connectivity index (χ1n) is 5.00. The van der Waals surface area contributed by atoms with E-state index in [2.05, 4.69) is 6.92 Å². The fourth-order valence-electron chi connectivity index (χ4n) is 1.21. The zero-order chi connectivity index (χ0) is 10.4. The van der Waals surface area contributed by atoms with Crippen LogP contribution in [0.1, 0.15) is 25.5 Å². The van der Waals surface area contributed by atoms with Gasteiger partial charge in [-0.05, 0) is 18.6 Å². The fraction of sp³-hybridized carbons (Fsp3) is 0.545. The minimum absolute atomic E-state index is 0.139. The Morgan fingerprint density at radius 2 is 2.36 bits per heavy atom. The molecule has 0 aromatic carbocycles. The first kappa shape index (κ1) is 10.8. The molecule has 0 spiro atoms. The van der Waals surface area contributed by atoms with Gasteiger partial charge in [0.05, 0.1) is 13.0 Å². The van der Waals surface area contributed by atoms with Crippen LogP contribution >= 0.6 is 0 Å². The number of nitrogens with zero attached hydrogens (tertiary/aromatic N) is 1. The predicted octanol–water partition coefficient (Wildman–Crippen LogP) is 1.91. The molecule has 1 rings (SSSR count). The summed E-state index contributed by atoms with van der Waals surface area (Å²) in [7, 11) is 1.93. The van der Waals surface area contributed by atoms with Crippen molar-refractivity contribution in [1.29, 1.82) is 0 Å². The van der Waals surface area contributed by atoms with E-state index in [0.29, 0.717) is 13.0 Å². The molecule has 3 heteroatoms. The predicted molar refractivity (Wildman–Crippen MR) is 55.0 cm³/mol. The van der Waals surface area contributed by atoms with E-state index in [1.807, 2.05) is 29.9 Å². The van der Waals surface area contributed by atoms with E-state index in [-0.39, 0.29) is 5.97 Å². The number of hydrogen-bond donors (Lipinski definition) is 0. The Morgan fingerprint density at radius 1 is 1.57 bits per heavy atom. The van der Waals surface area contributed by atoms with Crippen LogP contribution in [-0.4, -0.2) is 17.1 Å². The second-order valence-corrected chi connectivity index (χ2v) is 3.36. The maximum Gasteiger partial charge on any atom is 0.311 e. The minimum Gasteiger partial charge on any atom is -0.465 e. The van der Waals surface area contributed by atoms with E-state index in [4.69, 9.17) is 4.74 Å². The fourth-order valence-corrected chi connectivity index (χ4v) is 1.21. The smallest absolute Gasteiger partial charge is 0.311 e. The number of esters is 1. The maximum absolute atomic E-state index is 11.3. The lowest BCUT2D eigenvalue weighted by molar-refractivity contribution is -0.143. The molecule has 0 aliphatic rings. The van der Waals surface area contributed by atoms with Crippen LogP contribution in [0, 0.1) is 0 Å². The molecular formula is C11H17NO2. The molecule has 0 amide bonds. The quantitative estimate of drug-likeness (QED) is 0.531. The summed E-state index contributed by atoms with van der Waals surface area (Å²) in [6.45, 7) is 2.62. The second-order valence-electron chi connectivity index (χ2n) is 3.36. The van der Waals surface area contributed by atoms with Crippen LogP contribution in [0.2, 0.25) is 0 Å². The molecule has 0 bridgehead atoms. The molecule has 0 saturated carbocycles. The molecule has 1 aromatic heterocycles. The van der Waals surface area contributed by atoms with Crippen LogP contribution in [0.4, 0.5) is 0 Å². The zero-order valence-electron chi connectivity index (χ0n) is 8.82. The van der Waals surface area contributed by atoms with E-state index in [0.717, 1.165) is 18.5 Å². The van der Waals surface area contributed by atoms with Crippen molar-refractivity contribution in [2.75, 3.05) is 6.61 Å². The number of carbonyl (C=O) groups is 1. The first-order chi connectivity index (χ1) is 6.74. The number of aromatic nitrogens is 1. The number of carbonyl (C=O) groups excluding carboxylic acids is 1. The highest BCUT2D eigenvalue weighted by Gasteiger charge is 2.06. The van der Waals surface area contributed by atoms with Crippen molar-refractivity contribution in [3.63, 3.8) is 0 Å². The summed E-state index contributed by atoms with van der Waals surface area (Å²) in [5, 5.41) is 0. The molecule has 0 atom stereocenters. The highest BCUT2D eigenvalue weighted by atomic mass is 16.5. The van der Waals surface area contributed by atoms with Gasteiger partial charge in [0, 0.05) is 18.9 Å². The van der Waals surface area contributed by atoms with Crippen molar-refractivity contribution < 1.29 is 9.53 Å². The Hall–Kier alpha value is -1.25. The van der Waals surface area contributed by atoms with Crippen molar-refractivity contribution in [1.82, 2.24) is 4.57 Å². The zero-order valence-corrected chi connectivity index (χ0v) is 8.82. The van der Waals surface area contributed by atoms with Crippen LogP contribution in [0.3, 0.4) is 0 Å². The van der Waals surface area contributed by atoms with Crippen LogP contribution in [0.25, 0.3) is 0 Å². The highest BCUT2D eigenvalue weighted by Crippen LogP contribution is 2.02. The molecule has 0 radical (unpaired) electrons. The van der Waals surface area contributed by atoms with Gasteiger partial charge in [-0.3, -0.25) is 4.79 Å². The van der Waals surface area contributed by atoms with E-state index < -0.39 is 0 Å². The van der Waals surface area contributed by atoms with Gasteiger partial charge in [-0.15, -0.1) is 0 Å². The van der Waals surface area contributed by atoms with Crippen molar-refractivity contribution in [2.24, 2.45) is 7.05 Å². The minimum atomic E-state index is -0.139. The maximum atomic E-state index is 11.3. The third-order valence-electron chi connectivity index (χ3n) is 2.14. The molecule has 0 unspecified atom stereocenters. The highest BCUT2D eigenvalue weighted by molar-refractivity contribution is 5.72. The topological polar surface area (TPSA) is 31.2 Å². The van der Waals surface area contributed by atoms with E-state index >= 15 is 0 Å². The van der Waals surface area contributed by atoms with E-state index in [9.17, 15) is 4.79 Å². The molecule has 1 heterocycles. The lowest BCUT2D eigenvalue weighted by Crippen LogP contribution is -2.11. The van der Waals surface area contributed by atoms with Gasteiger partial charge in [0.25, 0.3) is 0 Å². The molecular weight excluding hydrogens is 178 g/mol. The Balaban J connectivity index is 2.31. The van der Waals surface area contributed by atoms with Crippen molar-refractivity contribution in [2.45, 2.75) is 26.2 Å². The molecule has 0 aliphatic carbocycles. The Bertz CT molecular complexity index is 291. The van der Waals surface area contributed by atoms with Gasteiger partial charge in [-0.25, -0.2) is 0 Å². The molecule has 0 aliphatic heterocycles. The largest absolute Gasteiger partial charge is 0.465 e. The normalized spacial score (nSPS) is 10.1. The summed E-state index contributed by atoms with van der Waals surface area (Å²) in [5.74, 6) is -0.139. The Labute approximate surface area is 84.7 Å². The van der Waals surface area contributed by atoms with E-state index in [1.165, 1.54) is 0 Å². The summed E-state index contributed by atoms with van der Waals surface area (Å²) in [6.07, 6.45) is 4.29. The van der Waals surface area contributed by atoms with Gasteiger partial charge >= 0.3 is 5.97 Å².